The Morgan fingerprint density at radius 1 is 1.05 bits per heavy atom. The summed E-state index contributed by atoms with van der Waals surface area (Å²) in [6.45, 7) is 7.07. The first kappa shape index (κ1) is 23.9. The zero-order chi connectivity index (χ0) is 25.4. The third-order valence-corrected chi connectivity index (χ3v) is 7.18. The van der Waals surface area contributed by atoms with E-state index in [0.717, 1.165) is 48.6 Å². The van der Waals surface area contributed by atoms with Gasteiger partial charge in [-0.25, -0.2) is 4.98 Å². The summed E-state index contributed by atoms with van der Waals surface area (Å²) in [5.41, 5.74) is 1.99. The maximum atomic E-state index is 10.7. The second-order valence-corrected chi connectivity index (χ2v) is 10.2. The Kier molecular flexibility index (Phi) is 6.52. The molecule has 37 heavy (non-hydrogen) atoms. The van der Waals surface area contributed by atoms with Gasteiger partial charge in [-0.15, -0.1) is 0 Å². The van der Waals surface area contributed by atoms with Crippen molar-refractivity contribution in [3.8, 4) is 28.9 Å². The number of oxazole rings is 1. The first-order chi connectivity index (χ1) is 18.0. The van der Waals surface area contributed by atoms with Gasteiger partial charge in [-0.05, 0) is 61.7 Å². The third kappa shape index (κ3) is 5.04. The topological polar surface area (TPSA) is 90.3 Å². The number of piperidine rings is 1. The standard InChI is InChI=1S/C29H32N2O6/c1-18(2)28-14-30-29(37-28)27-13-22-23(4-3-5-24(22)36-27)33-16-21(32)15-31-10-8-19(9-11-31)20-6-7-25-26(12-20)35-17-34-25/h3-7,12-14,18-19,21,32H,8-11,15-17H2,1-2H3/t21-/m0/s1. The summed E-state index contributed by atoms with van der Waals surface area (Å²) in [5.74, 6) is 4.91. The van der Waals surface area contributed by atoms with Crippen LogP contribution in [0.2, 0.25) is 0 Å². The van der Waals surface area contributed by atoms with Crippen LogP contribution in [-0.4, -0.2) is 54.1 Å². The molecule has 6 rings (SSSR count). The number of benzene rings is 2. The summed E-state index contributed by atoms with van der Waals surface area (Å²) in [7, 11) is 0. The normalized spacial score (nSPS) is 17.1. The molecule has 0 aliphatic carbocycles. The van der Waals surface area contributed by atoms with E-state index in [4.69, 9.17) is 23.0 Å². The van der Waals surface area contributed by atoms with Crippen molar-refractivity contribution in [3.63, 3.8) is 0 Å². The minimum atomic E-state index is -0.593. The zero-order valence-electron chi connectivity index (χ0n) is 21.2. The Balaban J connectivity index is 1.03. The highest BCUT2D eigenvalue weighted by Crippen LogP contribution is 2.38. The smallest absolute Gasteiger partial charge is 0.263 e. The minimum absolute atomic E-state index is 0.207. The minimum Gasteiger partial charge on any atom is -0.490 e. The molecule has 2 aromatic carbocycles. The Hall–Kier alpha value is -3.49. The van der Waals surface area contributed by atoms with Crippen LogP contribution in [0.1, 0.15) is 49.8 Å². The summed E-state index contributed by atoms with van der Waals surface area (Å²) in [4.78, 5) is 6.66. The molecule has 2 aliphatic rings. The van der Waals surface area contributed by atoms with Crippen molar-refractivity contribution in [1.82, 2.24) is 9.88 Å². The van der Waals surface area contributed by atoms with Gasteiger partial charge in [0.25, 0.3) is 5.89 Å². The van der Waals surface area contributed by atoms with Crippen LogP contribution in [0.25, 0.3) is 22.6 Å². The van der Waals surface area contributed by atoms with E-state index in [-0.39, 0.29) is 12.5 Å². The van der Waals surface area contributed by atoms with Crippen LogP contribution in [0.3, 0.4) is 0 Å². The lowest BCUT2D eigenvalue weighted by Gasteiger charge is -2.33. The summed E-state index contributed by atoms with van der Waals surface area (Å²) in [5, 5.41) is 11.5. The molecule has 1 atom stereocenters. The maximum Gasteiger partial charge on any atom is 0.263 e. The van der Waals surface area contributed by atoms with Gasteiger partial charge in [-0.2, -0.15) is 0 Å². The molecule has 0 radical (unpaired) electrons. The van der Waals surface area contributed by atoms with E-state index in [9.17, 15) is 5.11 Å². The fraction of sp³-hybridized carbons (Fsp3) is 0.414. The molecule has 0 amide bonds. The number of fused-ring (bicyclic) bond motifs is 2. The van der Waals surface area contributed by atoms with E-state index in [0.29, 0.717) is 42.2 Å². The van der Waals surface area contributed by atoms with E-state index < -0.39 is 6.10 Å². The molecule has 2 aliphatic heterocycles. The van der Waals surface area contributed by atoms with Crippen molar-refractivity contribution in [2.45, 2.75) is 44.6 Å². The molecule has 0 saturated carbocycles. The summed E-state index contributed by atoms with van der Waals surface area (Å²) >= 11 is 0. The van der Waals surface area contributed by atoms with Gasteiger partial charge in [-0.1, -0.05) is 26.0 Å². The predicted octanol–water partition coefficient (Wildman–Crippen LogP) is 5.56. The molecule has 2 aromatic heterocycles. The van der Waals surface area contributed by atoms with Crippen LogP contribution in [0, 0.1) is 0 Å². The number of aliphatic hydroxyl groups is 1. The molecule has 0 unspecified atom stereocenters. The highest BCUT2D eigenvalue weighted by atomic mass is 16.7. The predicted molar refractivity (Wildman–Crippen MR) is 138 cm³/mol. The molecule has 8 nitrogen and oxygen atoms in total. The number of β-amino-alcohol motifs (C(OH)–C–C–N with tert-alkyl or cyclic N) is 1. The Labute approximate surface area is 215 Å². The van der Waals surface area contributed by atoms with Crippen LogP contribution in [0.15, 0.2) is 57.5 Å². The van der Waals surface area contributed by atoms with Crippen molar-refractivity contribution in [2.75, 3.05) is 33.0 Å². The highest BCUT2D eigenvalue weighted by Gasteiger charge is 2.24. The summed E-state index contributed by atoms with van der Waals surface area (Å²) in [6.07, 6.45) is 3.23. The fourth-order valence-corrected chi connectivity index (χ4v) is 5.09. The van der Waals surface area contributed by atoms with Crippen molar-refractivity contribution < 1.29 is 28.2 Å². The molecule has 0 spiro atoms. The highest BCUT2D eigenvalue weighted by molar-refractivity contribution is 5.87. The van der Waals surface area contributed by atoms with Gasteiger partial charge in [0.1, 0.15) is 29.8 Å². The molecule has 4 heterocycles. The van der Waals surface area contributed by atoms with E-state index >= 15 is 0 Å². The van der Waals surface area contributed by atoms with Gasteiger partial charge in [-0.3, -0.25) is 0 Å². The first-order valence-corrected chi connectivity index (χ1v) is 12.9. The largest absolute Gasteiger partial charge is 0.490 e. The Morgan fingerprint density at radius 2 is 1.89 bits per heavy atom. The second kappa shape index (κ2) is 10.1. The Bertz CT molecular complexity index is 1370. The number of likely N-dealkylation sites (tertiary alicyclic amines) is 1. The number of furan rings is 1. The maximum absolute atomic E-state index is 10.7. The molecule has 194 valence electrons. The molecular formula is C29H32N2O6. The van der Waals surface area contributed by atoms with Crippen molar-refractivity contribution in [2.24, 2.45) is 0 Å². The lowest BCUT2D eigenvalue weighted by Crippen LogP contribution is -2.40. The third-order valence-electron chi connectivity index (χ3n) is 7.18. The average molecular weight is 505 g/mol. The molecule has 1 fully saturated rings. The van der Waals surface area contributed by atoms with Gasteiger partial charge in [0.05, 0.1) is 11.6 Å². The number of aliphatic hydroxyl groups excluding tert-OH is 1. The van der Waals surface area contributed by atoms with E-state index in [1.807, 2.05) is 30.3 Å². The molecule has 8 heteroatoms. The molecule has 1 saturated heterocycles. The Morgan fingerprint density at radius 3 is 2.70 bits per heavy atom. The van der Waals surface area contributed by atoms with Crippen LogP contribution >= 0.6 is 0 Å². The summed E-state index contributed by atoms with van der Waals surface area (Å²) in [6, 6.07) is 13.8. The number of hydrogen-bond donors (Lipinski definition) is 1. The number of ether oxygens (including phenoxy) is 3. The monoisotopic (exact) mass is 504 g/mol. The van der Waals surface area contributed by atoms with Crippen molar-refractivity contribution in [3.05, 3.63) is 60.0 Å². The lowest BCUT2D eigenvalue weighted by molar-refractivity contribution is 0.0599. The van der Waals surface area contributed by atoms with Gasteiger partial charge < -0.3 is 33.1 Å². The van der Waals surface area contributed by atoms with Crippen molar-refractivity contribution >= 4 is 11.0 Å². The van der Waals surface area contributed by atoms with E-state index in [2.05, 4.69) is 35.9 Å². The van der Waals surface area contributed by atoms with Crippen LogP contribution < -0.4 is 14.2 Å². The first-order valence-electron chi connectivity index (χ1n) is 12.9. The number of aromatic nitrogens is 1. The zero-order valence-corrected chi connectivity index (χ0v) is 21.2. The van der Waals surface area contributed by atoms with Gasteiger partial charge in [0, 0.05) is 18.5 Å². The van der Waals surface area contributed by atoms with Crippen LogP contribution in [0.5, 0.6) is 17.2 Å². The molecular weight excluding hydrogens is 472 g/mol. The average Bonchev–Trinajstić information content (AvgIpc) is 3.66. The molecule has 0 bridgehead atoms. The lowest BCUT2D eigenvalue weighted by atomic mass is 9.89. The second-order valence-electron chi connectivity index (χ2n) is 10.2. The number of nitrogens with zero attached hydrogens (tertiary/aromatic N) is 2. The quantitative estimate of drug-likeness (QED) is 0.334. The molecule has 1 N–H and O–H groups in total. The van der Waals surface area contributed by atoms with Crippen LogP contribution in [0.4, 0.5) is 0 Å². The summed E-state index contributed by atoms with van der Waals surface area (Å²) < 4.78 is 28.8. The van der Waals surface area contributed by atoms with Gasteiger partial charge in [0.15, 0.2) is 17.3 Å². The number of hydrogen-bond acceptors (Lipinski definition) is 8. The number of rotatable bonds is 8. The van der Waals surface area contributed by atoms with Gasteiger partial charge in [0.2, 0.25) is 6.79 Å². The van der Waals surface area contributed by atoms with Gasteiger partial charge >= 0.3 is 0 Å². The molecule has 4 aromatic rings. The SMILES string of the molecule is CC(C)c1cnc(-c2cc3c(OC[C@@H](O)CN4CCC(c5ccc6c(c5)OCO6)CC4)cccc3o2)o1. The van der Waals surface area contributed by atoms with E-state index in [1.54, 1.807) is 6.20 Å². The van der Waals surface area contributed by atoms with E-state index in [1.165, 1.54) is 5.56 Å². The van der Waals surface area contributed by atoms with Crippen molar-refractivity contribution in [1.29, 1.82) is 0 Å². The van der Waals surface area contributed by atoms with Crippen LogP contribution in [-0.2, 0) is 0 Å². The fourth-order valence-electron chi connectivity index (χ4n) is 5.09.